The van der Waals surface area contributed by atoms with E-state index in [1.165, 1.54) is 58.4 Å². The largest absolute Gasteiger partial charge is 0.329 e. The molecule has 0 aliphatic carbocycles. The molecule has 2 saturated heterocycles. The highest BCUT2D eigenvalue weighted by molar-refractivity contribution is 4.97. The Morgan fingerprint density at radius 1 is 1.11 bits per heavy atom. The van der Waals surface area contributed by atoms with Crippen molar-refractivity contribution < 1.29 is 0 Å². The summed E-state index contributed by atoms with van der Waals surface area (Å²) in [5.41, 5.74) is 6.50. The van der Waals surface area contributed by atoms with Gasteiger partial charge in [0.25, 0.3) is 0 Å². The van der Waals surface area contributed by atoms with E-state index in [4.69, 9.17) is 5.73 Å². The molecule has 0 atom stereocenters. The molecule has 112 valence electrons. The molecule has 2 heterocycles. The third-order valence-electron chi connectivity index (χ3n) is 5.77. The van der Waals surface area contributed by atoms with Crippen LogP contribution < -0.4 is 5.73 Å². The summed E-state index contributed by atoms with van der Waals surface area (Å²) < 4.78 is 0. The fraction of sp³-hybridized carbons (Fsp3) is 1.00. The second-order valence-corrected chi connectivity index (χ2v) is 6.93. The second kappa shape index (κ2) is 6.55. The molecule has 0 radical (unpaired) electrons. The molecule has 2 fully saturated rings. The Morgan fingerprint density at radius 2 is 1.68 bits per heavy atom. The summed E-state index contributed by atoms with van der Waals surface area (Å²) in [7, 11) is 0. The van der Waals surface area contributed by atoms with Gasteiger partial charge in [-0.2, -0.15) is 0 Å². The lowest BCUT2D eigenvalue weighted by Crippen LogP contribution is -2.61. The number of nitrogens with two attached hydrogens (primary N) is 1. The van der Waals surface area contributed by atoms with Gasteiger partial charge in [0.2, 0.25) is 0 Å². The predicted octanol–water partition coefficient (Wildman–Crippen LogP) is 2.17. The number of rotatable bonds is 4. The third kappa shape index (κ3) is 3.32. The Labute approximate surface area is 119 Å². The average Bonchev–Trinajstić information content (AvgIpc) is 2.47. The minimum Gasteiger partial charge on any atom is -0.329 e. The lowest BCUT2D eigenvalue weighted by atomic mass is 9.80. The van der Waals surface area contributed by atoms with Gasteiger partial charge in [-0.05, 0) is 70.2 Å². The molecule has 3 heteroatoms. The number of hydrogen-bond acceptors (Lipinski definition) is 3. The molecule has 0 spiro atoms. The summed E-state index contributed by atoms with van der Waals surface area (Å²) >= 11 is 0. The predicted molar refractivity (Wildman–Crippen MR) is 82.3 cm³/mol. The monoisotopic (exact) mass is 267 g/mol. The Balaban J connectivity index is 1.92. The SMILES string of the molecule is CCN1CCC(CN)(N2CCC(C(C)C)CC2)CC1. The summed E-state index contributed by atoms with van der Waals surface area (Å²) in [5, 5.41) is 0. The van der Waals surface area contributed by atoms with E-state index in [-0.39, 0.29) is 0 Å². The maximum Gasteiger partial charge on any atom is 0.0356 e. The molecule has 3 nitrogen and oxygen atoms in total. The van der Waals surface area contributed by atoms with Crippen LogP contribution in [0.5, 0.6) is 0 Å². The van der Waals surface area contributed by atoms with Crippen LogP contribution in [0.1, 0.15) is 46.5 Å². The molecule has 19 heavy (non-hydrogen) atoms. The first-order valence-corrected chi connectivity index (χ1v) is 8.29. The van der Waals surface area contributed by atoms with Gasteiger partial charge >= 0.3 is 0 Å². The van der Waals surface area contributed by atoms with Crippen molar-refractivity contribution in [1.29, 1.82) is 0 Å². The van der Waals surface area contributed by atoms with Crippen LogP contribution in [0, 0.1) is 11.8 Å². The molecule has 0 bridgehead atoms. The van der Waals surface area contributed by atoms with Gasteiger partial charge in [-0.3, -0.25) is 4.90 Å². The number of hydrogen-bond donors (Lipinski definition) is 1. The van der Waals surface area contributed by atoms with Crippen molar-refractivity contribution in [3.63, 3.8) is 0 Å². The first-order chi connectivity index (χ1) is 9.11. The van der Waals surface area contributed by atoms with Crippen molar-refractivity contribution in [2.45, 2.75) is 52.0 Å². The van der Waals surface area contributed by atoms with Gasteiger partial charge in [0.05, 0.1) is 0 Å². The summed E-state index contributed by atoms with van der Waals surface area (Å²) in [4.78, 5) is 5.30. The molecule has 2 aliphatic heterocycles. The minimum atomic E-state index is 0.313. The fourth-order valence-electron chi connectivity index (χ4n) is 3.98. The fourth-order valence-corrected chi connectivity index (χ4v) is 3.98. The molecule has 0 aromatic heterocycles. The molecule has 2 N–H and O–H groups in total. The maximum absolute atomic E-state index is 6.19. The lowest BCUT2D eigenvalue weighted by molar-refractivity contribution is 0.000542. The molecule has 0 unspecified atom stereocenters. The van der Waals surface area contributed by atoms with E-state index in [1.807, 2.05) is 0 Å². The molecule has 0 amide bonds. The molecular formula is C16H33N3. The van der Waals surface area contributed by atoms with Crippen molar-refractivity contribution in [1.82, 2.24) is 9.80 Å². The second-order valence-electron chi connectivity index (χ2n) is 6.93. The van der Waals surface area contributed by atoms with E-state index in [2.05, 4.69) is 30.6 Å². The summed E-state index contributed by atoms with van der Waals surface area (Å²) in [6, 6.07) is 0. The summed E-state index contributed by atoms with van der Waals surface area (Å²) in [5.74, 6) is 1.78. The van der Waals surface area contributed by atoms with Gasteiger partial charge in [0, 0.05) is 12.1 Å². The molecule has 2 aliphatic rings. The van der Waals surface area contributed by atoms with Crippen LogP contribution in [-0.4, -0.2) is 54.6 Å². The Hall–Kier alpha value is -0.120. The standard InChI is InChI=1S/C16H33N3/c1-4-18-11-7-16(13-17,8-12-18)19-9-5-15(6-10-19)14(2)3/h14-15H,4-13,17H2,1-3H3. The van der Waals surface area contributed by atoms with Crippen molar-refractivity contribution in [2.75, 3.05) is 39.3 Å². The van der Waals surface area contributed by atoms with Crippen LogP contribution in [0.3, 0.4) is 0 Å². The molecule has 0 saturated carbocycles. The minimum absolute atomic E-state index is 0.313. The maximum atomic E-state index is 6.19. The van der Waals surface area contributed by atoms with Crippen LogP contribution in [-0.2, 0) is 0 Å². The highest BCUT2D eigenvalue weighted by atomic mass is 15.2. The highest BCUT2D eigenvalue weighted by Gasteiger charge is 2.40. The zero-order chi connectivity index (χ0) is 13.9. The van der Waals surface area contributed by atoms with Crippen LogP contribution in [0.4, 0.5) is 0 Å². The zero-order valence-corrected chi connectivity index (χ0v) is 13.2. The van der Waals surface area contributed by atoms with Crippen molar-refractivity contribution in [3.8, 4) is 0 Å². The Morgan fingerprint density at radius 3 is 2.11 bits per heavy atom. The number of likely N-dealkylation sites (tertiary alicyclic amines) is 2. The Bertz CT molecular complexity index is 261. The van der Waals surface area contributed by atoms with Gasteiger partial charge in [-0.15, -0.1) is 0 Å². The van der Waals surface area contributed by atoms with E-state index in [0.717, 1.165) is 18.4 Å². The van der Waals surface area contributed by atoms with Crippen molar-refractivity contribution in [3.05, 3.63) is 0 Å². The zero-order valence-electron chi connectivity index (χ0n) is 13.2. The van der Waals surface area contributed by atoms with Crippen LogP contribution in [0.2, 0.25) is 0 Å². The van der Waals surface area contributed by atoms with E-state index in [9.17, 15) is 0 Å². The van der Waals surface area contributed by atoms with Crippen LogP contribution in [0.15, 0.2) is 0 Å². The lowest BCUT2D eigenvalue weighted by Gasteiger charge is -2.51. The first kappa shape index (κ1) is 15.3. The van der Waals surface area contributed by atoms with Gasteiger partial charge in [-0.25, -0.2) is 0 Å². The number of nitrogens with zero attached hydrogens (tertiary/aromatic N) is 2. The molecule has 0 aromatic carbocycles. The number of piperidine rings is 2. The van der Waals surface area contributed by atoms with Gasteiger partial charge < -0.3 is 10.6 Å². The van der Waals surface area contributed by atoms with E-state index < -0.39 is 0 Å². The molecule has 0 aromatic rings. The molecular weight excluding hydrogens is 234 g/mol. The third-order valence-corrected chi connectivity index (χ3v) is 5.77. The van der Waals surface area contributed by atoms with Gasteiger partial charge in [0.1, 0.15) is 0 Å². The van der Waals surface area contributed by atoms with Crippen molar-refractivity contribution in [2.24, 2.45) is 17.6 Å². The van der Waals surface area contributed by atoms with E-state index in [1.54, 1.807) is 0 Å². The van der Waals surface area contributed by atoms with Crippen molar-refractivity contribution >= 4 is 0 Å². The van der Waals surface area contributed by atoms with Gasteiger partial charge in [0.15, 0.2) is 0 Å². The first-order valence-electron chi connectivity index (χ1n) is 8.29. The van der Waals surface area contributed by atoms with E-state index in [0.29, 0.717) is 5.54 Å². The van der Waals surface area contributed by atoms with Gasteiger partial charge in [-0.1, -0.05) is 20.8 Å². The van der Waals surface area contributed by atoms with Crippen LogP contribution in [0.25, 0.3) is 0 Å². The normalized spacial score (nSPS) is 27.0. The average molecular weight is 267 g/mol. The summed E-state index contributed by atoms with van der Waals surface area (Å²) in [6.07, 6.45) is 5.28. The topological polar surface area (TPSA) is 32.5 Å². The quantitative estimate of drug-likeness (QED) is 0.847. The summed E-state index contributed by atoms with van der Waals surface area (Å²) in [6.45, 7) is 14.1. The Kier molecular flexibility index (Phi) is 5.27. The molecule has 2 rings (SSSR count). The van der Waals surface area contributed by atoms with E-state index >= 15 is 0 Å². The van der Waals surface area contributed by atoms with Crippen LogP contribution >= 0.6 is 0 Å². The smallest absolute Gasteiger partial charge is 0.0356 e. The highest BCUT2D eigenvalue weighted by Crippen LogP contribution is 2.33.